The zero-order valence-electron chi connectivity index (χ0n) is 18.8. The van der Waals surface area contributed by atoms with Crippen LogP contribution in [0.1, 0.15) is 38.3 Å². The smallest absolute Gasteiger partial charge is 0.337 e. The average Bonchev–Trinajstić information content (AvgIpc) is 2.80. The van der Waals surface area contributed by atoms with Crippen molar-refractivity contribution >= 4 is 45.3 Å². The van der Waals surface area contributed by atoms with Gasteiger partial charge in [0, 0.05) is 28.1 Å². The zero-order chi connectivity index (χ0) is 24.0. The number of urea groups is 2. The molecule has 0 fully saturated rings. The molecule has 0 aromatic heterocycles. The highest BCUT2D eigenvalue weighted by Gasteiger charge is 2.36. The average molecular weight is 515 g/mol. The van der Waals surface area contributed by atoms with Crippen LogP contribution in [0.3, 0.4) is 0 Å². The Kier molecular flexibility index (Phi) is 8.11. The number of hydrogen-bond donors (Lipinski definition) is 3. The number of allylic oxidation sites excluding steroid dienone is 1. The van der Waals surface area contributed by atoms with E-state index in [1.165, 1.54) is 7.11 Å². The summed E-state index contributed by atoms with van der Waals surface area (Å²) in [5, 5.41) is 8.45. The number of hydrogen-bond acceptors (Lipinski definition) is 4. The van der Waals surface area contributed by atoms with E-state index in [0.29, 0.717) is 34.8 Å². The quantitative estimate of drug-likeness (QED) is 0.430. The van der Waals surface area contributed by atoms with Crippen molar-refractivity contribution in [3.8, 4) is 0 Å². The minimum absolute atomic E-state index is 0.273. The summed E-state index contributed by atoms with van der Waals surface area (Å²) in [6.45, 7) is 4.30. The first kappa shape index (κ1) is 24.3. The highest BCUT2D eigenvalue weighted by molar-refractivity contribution is 9.10. The molecule has 2 aromatic carbocycles. The third-order valence-corrected chi connectivity index (χ3v) is 5.85. The lowest BCUT2D eigenvalue weighted by atomic mass is 9.94. The molecule has 2 aromatic rings. The first-order valence-corrected chi connectivity index (χ1v) is 11.4. The van der Waals surface area contributed by atoms with E-state index in [0.717, 1.165) is 17.3 Å². The summed E-state index contributed by atoms with van der Waals surface area (Å²) in [4.78, 5) is 39.4. The number of nitrogens with zero attached hydrogens (tertiary/aromatic N) is 1. The first-order chi connectivity index (χ1) is 15.8. The van der Waals surface area contributed by atoms with E-state index in [2.05, 4.69) is 31.9 Å². The molecule has 0 saturated heterocycles. The molecule has 3 N–H and O–H groups in total. The van der Waals surface area contributed by atoms with Crippen LogP contribution in [0, 0.1) is 0 Å². The fraction of sp³-hybridized carbons (Fsp3) is 0.292. The highest BCUT2D eigenvalue weighted by atomic mass is 79.9. The number of unbranched alkanes of at least 4 members (excludes halogenated alkanes) is 1. The van der Waals surface area contributed by atoms with Gasteiger partial charge in [-0.25, -0.2) is 14.4 Å². The van der Waals surface area contributed by atoms with Gasteiger partial charge in [0.25, 0.3) is 0 Å². The number of ether oxygens (including phenoxy) is 1. The first-order valence-electron chi connectivity index (χ1n) is 10.6. The standard InChI is InChI=1S/C24H27BrN4O4/c1-4-5-13-29-15(2)20(22(30)33-3)21(28-24(29)32)16-7-6-8-19(14-16)27-23(31)26-18-11-9-17(25)10-12-18/h6-12,14,21H,4-5,13H2,1-3H3,(H,28,32)(H2,26,27,31). The van der Waals surface area contributed by atoms with Crippen molar-refractivity contribution in [2.45, 2.75) is 32.7 Å². The molecule has 1 heterocycles. The summed E-state index contributed by atoms with van der Waals surface area (Å²) >= 11 is 3.36. The number of anilines is 2. The van der Waals surface area contributed by atoms with Crippen LogP contribution in [0.5, 0.6) is 0 Å². The molecule has 33 heavy (non-hydrogen) atoms. The van der Waals surface area contributed by atoms with E-state index in [1.54, 1.807) is 48.2 Å². The van der Waals surface area contributed by atoms with Crippen molar-refractivity contribution in [3.63, 3.8) is 0 Å². The molecule has 4 amide bonds. The van der Waals surface area contributed by atoms with E-state index in [9.17, 15) is 14.4 Å². The van der Waals surface area contributed by atoms with Gasteiger partial charge in [-0.2, -0.15) is 0 Å². The van der Waals surface area contributed by atoms with Crippen molar-refractivity contribution in [2.24, 2.45) is 0 Å². The molecule has 1 aliphatic rings. The Labute approximate surface area is 201 Å². The van der Waals surface area contributed by atoms with Gasteiger partial charge in [-0.05, 0) is 55.3 Å². The normalized spacial score (nSPS) is 15.7. The van der Waals surface area contributed by atoms with E-state index in [4.69, 9.17) is 4.74 Å². The molecule has 0 radical (unpaired) electrons. The second-order valence-corrected chi connectivity index (χ2v) is 8.51. The number of halogens is 1. The highest BCUT2D eigenvalue weighted by Crippen LogP contribution is 2.32. The van der Waals surface area contributed by atoms with Crippen molar-refractivity contribution in [1.29, 1.82) is 0 Å². The molecule has 3 rings (SSSR count). The third-order valence-electron chi connectivity index (χ3n) is 5.32. The summed E-state index contributed by atoms with van der Waals surface area (Å²) in [5.74, 6) is -0.509. The lowest BCUT2D eigenvalue weighted by Gasteiger charge is -2.35. The van der Waals surface area contributed by atoms with Crippen LogP contribution in [-0.2, 0) is 9.53 Å². The second-order valence-electron chi connectivity index (χ2n) is 7.59. The molecular formula is C24H27BrN4O4. The predicted molar refractivity (Wildman–Crippen MR) is 131 cm³/mol. The minimum atomic E-state index is -0.695. The Morgan fingerprint density at radius 3 is 2.48 bits per heavy atom. The van der Waals surface area contributed by atoms with Gasteiger partial charge < -0.3 is 20.7 Å². The molecule has 0 saturated carbocycles. The molecule has 0 aliphatic carbocycles. The molecular weight excluding hydrogens is 488 g/mol. The number of rotatable bonds is 7. The Morgan fingerprint density at radius 1 is 1.12 bits per heavy atom. The van der Waals surface area contributed by atoms with Gasteiger partial charge in [0.15, 0.2) is 0 Å². The maximum Gasteiger partial charge on any atom is 0.337 e. The van der Waals surface area contributed by atoms with Crippen LogP contribution in [0.2, 0.25) is 0 Å². The number of amides is 4. The van der Waals surface area contributed by atoms with Gasteiger partial charge in [-0.1, -0.05) is 41.4 Å². The Balaban J connectivity index is 1.84. The molecule has 0 bridgehead atoms. The largest absolute Gasteiger partial charge is 0.466 e. The SMILES string of the molecule is CCCCN1C(=O)NC(c2cccc(NC(=O)Nc3ccc(Br)cc3)c2)C(C(=O)OC)=C1C. The molecule has 0 spiro atoms. The van der Waals surface area contributed by atoms with Crippen LogP contribution in [0.25, 0.3) is 0 Å². The van der Waals surface area contributed by atoms with Crippen molar-refractivity contribution in [1.82, 2.24) is 10.2 Å². The van der Waals surface area contributed by atoms with Crippen LogP contribution in [0.15, 0.2) is 64.3 Å². The van der Waals surface area contributed by atoms with Crippen molar-refractivity contribution < 1.29 is 19.1 Å². The number of carbonyl (C=O) groups excluding carboxylic acids is 3. The van der Waals surface area contributed by atoms with Crippen LogP contribution in [-0.4, -0.2) is 36.6 Å². The van der Waals surface area contributed by atoms with Gasteiger partial charge in [-0.3, -0.25) is 4.90 Å². The monoisotopic (exact) mass is 514 g/mol. The summed E-state index contributed by atoms with van der Waals surface area (Å²) in [6, 6.07) is 12.8. The minimum Gasteiger partial charge on any atom is -0.466 e. The van der Waals surface area contributed by atoms with Crippen LogP contribution in [0.4, 0.5) is 21.0 Å². The van der Waals surface area contributed by atoms with E-state index < -0.39 is 18.0 Å². The van der Waals surface area contributed by atoms with Crippen molar-refractivity contribution in [2.75, 3.05) is 24.3 Å². The third kappa shape index (κ3) is 5.92. The number of carbonyl (C=O) groups is 3. The van der Waals surface area contributed by atoms with Gasteiger partial charge in [-0.15, -0.1) is 0 Å². The predicted octanol–water partition coefficient (Wildman–Crippen LogP) is 5.41. The molecule has 1 atom stereocenters. The maximum atomic E-state index is 12.8. The Bertz CT molecular complexity index is 1070. The van der Waals surface area contributed by atoms with Gasteiger partial charge >= 0.3 is 18.0 Å². The summed E-state index contributed by atoms with van der Waals surface area (Å²) in [7, 11) is 1.32. The fourth-order valence-electron chi connectivity index (χ4n) is 3.61. The number of benzene rings is 2. The molecule has 174 valence electrons. The van der Waals surface area contributed by atoms with E-state index in [1.807, 2.05) is 19.1 Å². The van der Waals surface area contributed by atoms with Crippen LogP contribution < -0.4 is 16.0 Å². The topological polar surface area (TPSA) is 99.8 Å². The summed E-state index contributed by atoms with van der Waals surface area (Å²) < 4.78 is 5.92. The van der Waals surface area contributed by atoms with Crippen LogP contribution >= 0.6 is 15.9 Å². The van der Waals surface area contributed by atoms with E-state index >= 15 is 0 Å². The number of nitrogens with one attached hydrogen (secondary N) is 3. The fourth-order valence-corrected chi connectivity index (χ4v) is 3.88. The Hall–Kier alpha value is -3.33. The van der Waals surface area contributed by atoms with Gasteiger partial charge in [0.1, 0.15) is 0 Å². The molecule has 1 unspecified atom stereocenters. The van der Waals surface area contributed by atoms with E-state index in [-0.39, 0.29) is 6.03 Å². The lowest BCUT2D eigenvalue weighted by Crippen LogP contribution is -2.48. The summed E-state index contributed by atoms with van der Waals surface area (Å²) in [6.07, 6.45) is 1.74. The number of esters is 1. The molecule has 1 aliphatic heterocycles. The lowest BCUT2D eigenvalue weighted by molar-refractivity contribution is -0.136. The molecule has 9 heteroatoms. The van der Waals surface area contributed by atoms with Crippen molar-refractivity contribution in [3.05, 3.63) is 69.8 Å². The second kappa shape index (κ2) is 11.0. The number of methoxy groups -OCH3 is 1. The Morgan fingerprint density at radius 2 is 1.82 bits per heavy atom. The molecule has 8 nitrogen and oxygen atoms in total. The summed E-state index contributed by atoms with van der Waals surface area (Å²) in [5.41, 5.74) is 2.75. The van der Waals surface area contributed by atoms with Gasteiger partial charge in [0.05, 0.1) is 18.7 Å². The van der Waals surface area contributed by atoms with Gasteiger partial charge in [0.2, 0.25) is 0 Å². The maximum absolute atomic E-state index is 12.8. The zero-order valence-corrected chi connectivity index (χ0v) is 20.4.